The molecule has 0 aliphatic rings. The Bertz CT molecular complexity index is 292. The molecule has 0 aliphatic carbocycles. The van der Waals surface area contributed by atoms with E-state index < -0.39 is 0 Å². The number of nitrogens with zero attached hydrogens (tertiary/aromatic N) is 2. The van der Waals surface area contributed by atoms with Gasteiger partial charge in [-0.15, -0.1) is 10.2 Å². The molecule has 0 aromatic carbocycles. The molecule has 3 nitrogen and oxygen atoms in total. The molecule has 0 spiro atoms. The summed E-state index contributed by atoms with van der Waals surface area (Å²) in [5, 5.41) is 13.9. The number of nitrogens with one attached hydrogen (secondary N) is 1. The molecule has 4 heteroatoms. The molecule has 0 radical (unpaired) electrons. The van der Waals surface area contributed by atoms with Crippen molar-refractivity contribution in [2.45, 2.75) is 47.0 Å². The van der Waals surface area contributed by atoms with Crippen LogP contribution in [-0.4, -0.2) is 16.7 Å². The lowest BCUT2D eigenvalue weighted by atomic mass is 10.0. The van der Waals surface area contributed by atoms with E-state index in [0.717, 1.165) is 29.0 Å². The van der Waals surface area contributed by atoms with Crippen LogP contribution < -0.4 is 5.32 Å². The van der Waals surface area contributed by atoms with Crippen molar-refractivity contribution in [1.29, 1.82) is 0 Å². The second-order valence-electron chi connectivity index (χ2n) is 4.66. The molecule has 16 heavy (non-hydrogen) atoms. The second-order valence-corrected chi connectivity index (χ2v) is 5.72. The average Bonchev–Trinajstić information content (AvgIpc) is 2.66. The maximum Gasteiger partial charge on any atom is 0.205 e. The highest BCUT2D eigenvalue weighted by Gasteiger charge is 2.08. The van der Waals surface area contributed by atoms with Gasteiger partial charge in [0.15, 0.2) is 0 Å². The molecule has 1 N–H and O–H groups in total. The molecule has 0 atom stereocenters. The van der Waals surface area contributed by atoms with Gasteiger partial charge >= 0.3 is 0 Å². The Morgan fingerprint density at radius 1 is 1.19 bits per heavy atom. The third kappa shape index (κ3) is 4.47. The fourth-order valence-corrected chi connectivity index (χ4v) is 2.52. The monoisotopic (exact) mass is 241 g/mol. The first kappa shape index (κ1) is 13.4. The Labute approximate surface area is 103 Å². The molecule has 1 aromatic rings. The highest BCUT2D eigenvalue weighted by atomic mass is 32.1. The van der Waals surface area contributed by atoms with Crippen LogP contribution in [0.2, 0.25) is 0 Å². The van der Waals surface area contributed by atoms with Gasteiger partial charge in [-0.2, -0.15) is 0 Å². The fraction of sp³-hybridized carbons (Fsp3) is 0.833. The Kier molecular flexibility index (Phi) is 5.74. The third-order valence-electron chi connectivity index (χ3n) is 2.75. The van der Waals surface area contributed by atoms with E-state index in [-0.39, 0.29) is 0 Å². The zero-order chi connectivity index (χ0) is 12.0. The van der Waals surface area contributed by atoms with E-state index in [1.165, 1.54) is 12.8 Å². The summed E-state index contributed by atoms with van der Waals surface area (Å²) in [5.41, 5.74) is 0. The Balaban J connectivity index is 2.39. The molecular formula is C12H23N3S. The summed E-state index contributed by atoms with van der Waals surface area (Å²) in [4.78, 5) is 0. The predicted molar refractivity (Wildman–Crippen MR) is 71.0 cm³/mol. The zero-order valence-corrected chi connectivity index (χ0v) is 11.6. The minimum Gasteiger partial charge on any atom is -0.360 e. The Morgan fingerprint density at radius 3 is 2.44 bits per heavy atom. The summed E-state index contributed by atoms with van der Waals surface area (Å²) >= 11 is 1.69. The Morgan fingerprint density at radius 2 is 1.88 bits per heavy atom. The lowest BCUT2D eigenvalue weighted by molar-refractivity contribution is 0.519. The van der Waals surface area contributed by atoms with Crippen molar-refractivity contribution >= 4 is 16.5 Å². The SMILES string of the molecule is CCC(CC)CNc1nnc(CC(C)C)s1. The molecule has 92 valence electrons. The van der Waals surface area contributed by atoms with E-state index >= 15 is 0 Å². The van der Waals surface area contributed by atoms with Crippen LogP contribution in [0, 0.1) is 11.8 Å². The van der Waals surface area contributed by atoms with E-state index in [1.807, 2.05) is 0 Å². The number of anilines is 1. The summed E-state index contributed by atoms with van der Waals surface area (Å²) in [7, 11) is 0. The summed E-state index contributed by atoms with van der Waals surface area (Å²) in [6.07, 6.45) is 3.48. The molecular weight excluding hydrogens is 218 g/mol. The van der Waals surface area contributed by atoms with Crippen molar-refractivity contribution in [3.05, 3.63) is 5.01 Å². The number of hydrogen-bond acceptors (Lipinski definition) is 4. The van der Waals surface area contributed by atoms with Crippen molar-refractivity contribution in [2.24, 2.45) is 11.8 Å². The van der Waals surface area contributed by atoms with Gasteiger partial charge in [0, 0.05) is 13.0 Å². The molecule has 0 unspecified atom stereocenters. The smallest absolute Gasteiger partial charge is 0.205 e. The van der Waals surface area contributed by atoms with Gasteiger partial charge in [-0.3, -0.25) is 0 Å². The zero-order valence-electron chi connectivity index (χ0n) is 10.8. The predicted octanol–water partition coefficient (Wildman–Crippen LogP) is 3.58. The summed E-state index contributed by atoms with van der Waals surface area (Å²) in [5.74, 6) is 1.40. The van der Waals surface area contributed by atoms with Gasteiger partial charge in [0.1, 0.15) is 5.01 Å². The van der Waals surface area contributed by atoms with E-state index in [2.05, 4.69) is 43.2 Å². The molecule has 0 saturated carbocycles. The molecule has 0 saturated heterocycles. The normalized spacial score (nSPS) is 11.4. The van der Waals surface area contributed by atoms with Gasteiger partial charge in [-0.1, -0.05) is 51.9 Å². The first-order chi connectivity index (χ1) is 7.65. The first-order valence-corrected chi connectivity index (χ1v) is 7.03. The molecule has 0 aliphatic heterocycles. The standard InChI is InChI=1S/C12H23N3S/c1-5-10(6-2)8-13-12-15-14-11(16-12)7-9(3)4/h9-10H,5-8H2,1-4H3,(H,13,15). The highest BCUT2D eigenvalue weighted by Crippen LogP contribution is 2.19. The number of rotatable bonds is 7. The van der Waals surface area contributed by atoms with Crippen LogP contribution in [0.3, 0.4) is 0 Å². The molecule has 0 bridgehead atoms. The maximum absolute atomic E-state index is 4.19. The largest absolute Gasteiger partial charge is 0.360 e. The summed E-state index contributed by atoms with van der Waals surface area (Å²) in [6, 6.07) is 0. The topological polar surface area (TPSA) is 37.8 Å². The molecule has 1 aromatic heterocycles. The van der Waals surface area contributed by atoms with Crippen LogP contribution in [0.15, 0.2) is 0 Å². The van der Waals surface area contributed by atoms with Crippen LogP contribution in [0.25, 0.3) is 0 Å². The van der Waals surface area contributed by atoms with Crippen molar-refractivity contribution in [3.63, 3.8) is 0 Å². The lowest BCUT2D eigenvalue weighted by Gasteiger charge is -2.11. The van der Waals surface area contributed by atoms with E-state index in [1.54, 1.807) is 11.3 Å². The van der Waals surface area contributed by atoms with Crippen LogP contribution in [-0.2, 0) is 6.42 Å². The van der Waals surface area contributed by atoms with E-state index in [4.69, 9.17) is 0 Å². The van der Waals surface area contributed by atoms with Crippen molar-refractivity contribution in [2.75, 3.05) is 11.9 Å². The molecule has 1 heterocycles. The van der Waals surface area contributed by atoms with Crippen LogP contribution in [0.1, 0.15) is 45.5 Å². The van der Waals surface area contributed by atoms with Crippen LogP contribution in [0.4, 0.5) is 5.13 Å². The third-order valence-corrected chi connectivity index (χ3v) is 3.65. The van der Waals surface area contributed by atoms with Gasteiger partial charge in [0.05, 0.1) is 0 Å². The highest BCUT2D eigenvalue weighted by molar-refractivity contribution is 7.15. The fourth-order valence-electron chi connectivity index (χ4n) is 1.57. The number of aromatic nitrogens is 2. The maximum atomic E-state index is 4.19. The minimum absolute atomic E-state index is 0.653. The van der Waals surface area contributed by atoms with Gasteiger partial charge in [0.2, 0.25) is 5.13 Å². The van der Waals surface area contributed by atoms with E-state index in [0.29, 0.717) is 5.92 Å². The van der Waals surface area contributed by atoms with Crippen molar-refractivity contribution in [1.82, 2.24) is 10.2 Å². The van der Waals surface area contributed by atoms with Gasteiger partial charge in [0.25, 0.3) is 0 Å². The van der Waals surface area contributed by atoms with Crippen LogP contribution in [0.5, 0.6) is 0 Å². The first-order valence-electron chi connectivity index (χ1n) is 6.21. The quantitative estimate of drug-likeness (QED) is 0.793. The summed E-state index contributed by atoms with van der Waals surface area (Å²) in [6.45, 7) is 9.90. The van der Waals surface area contributed by atoms with Crippen LogP contribution >= 0.6 is 11.3 Å². The average molecular weight is 241 g/mol. The second kappa shape index (κ2) is 6.84. The van der Waals surface area contributed by atoms with Gasteiger partial charge in [-0.25, -0.2) is 0 Å². The molecule has 1 rings (SSSR count). The molecule has 0 amide bonds. The van der Waals surface area contributed by atoms with Crippen molar-refractivity contribution < 1.29 is 0 Å². The summed E-state index contributed by atoms with van der Waals surface area (Å²) < 4.78 is 0. The lowest BCUT2D eigenvalue weighted by Crippen LogP contribution is -2.12. The molecule has 0 fully saturated rings. The van der Waals surface area contributed by atoms with Crippen molar-refractivity contribution in [3.8, 4) is 0 Å². The minimum atomic E-state index is 0.653. The van der Waals surface area contributed by atoms with Gasteiger partial charge < -0.3 is 5.32 Å². The number of hydrogen-bond donors (Lipinski definition) is 1. The Hall–Kier alpha value is -0.640. The van der Waals surface area contributed by atoms with E-state index in [9.17, 15) is 0 Å². The van der Waals surface area contributed by atoms with Gasteiger partial charge in [-0.05, 0) is 11.8 Å².